The molecule has 0 bridgehead atoms. The number of rotatable bonds is 9. The van der Waals surface area contributed by atoms with Crippen molar-refractivity contribution < 1.29 is 13.2 Å². The Balaban J connectivity index is 2.72. The van der Waals surface area contributed by atoms with Gasteiger partial charge in [0, 0.05) is 18.8 Å². The summed E-state index contributed by atoms with van der Waals surface area (Å²) >= 11 is 0. The molecule has 0 heterocycles. The van der Waals surface area contributed by atoms with E-state index in [9.17, 15) is 8.42 Å². The molecule has 0 spiro atoms. The number of nitrogens with two attached hydrogens (primary N) is 1. The number of methoxy groups -OCH3 is 1. The highest BCUT2D eigenvalue weighted by atomic mass is 32.2. The maximum absolute atomic E-state index is 11.7. The van der Waals surface area contributed by atoms with E-state index in [1.807, 2.05) is 0 Å². The number of hydrogen-bond acceptors (Lipinski definition) is 5. The normalized spacial score (nSPS) is 13.2. The molecule has 0 aliphatic heterocycles. The Morgan fingerprint density at radius 1 is 1.30 bits per heavy atom. The molecule has 0 amide bonds. The van der Waals surface area contributed by atoms with Crippen LogP contribution < -0.4 is 11.1 Å². The van der Waals surface area contributed by atoms with E-state index < -0.39 is 9.84 Å². The fourth-order valence-electron chi connectivity index (χ4n) is 1.92. The third-order valence-electron chi connectivity index (χ3n) is 3.09. The van der Waals surface area contributed by atoms with Gasteiger partial charge in [-0.05, 0) is 43.7 Å². The molecule has 0 saturated heterocycles. The van der Waals surface area contributed by atoms with Gasteiger partial charge in [0.15, 0.2) is 9.84 Å². The topological polar surface area (TPSA) is 81.4 Å². The third kappa shape index (κ3) is 5.11. The number of nitrogens with one attached hydrogen (secondary N) is 1. The van der Waals surface area contributed by atoms with Crippen LogP contribution in [0.5, 0.6) is 0 Å². The minimum absolute atomic E-state index is 0.114. The molecule has 1 aromatic rings. The lowest BCUT2D eigenvalue weighted by Gasteiger charge is -2.19. The first-order chi connectivity index (χ1) is 9.53. The lowest BCUT2D eigenvalue weighted by atomic mass is 10.1. The van der Waals surface area contributed by atoms with E-state index in [-0.39, 0.29) is 11.8 Å². The molecular formula is C14H24N2O3S. The number of sulfone groups is 1. The SMILES string of the molecule is CCS(=O)(=O)c1ccc(NC(CCCN)COC)cc1. The lowest BCUT2D eigenvalue weighted by molar-refractivity contribution is 0.182. The van der Waals surface area contributed by atoms with E-state index in [0.29, 0.717) is 18.0 Å². The summed E-state index contributed by atoms with van der Waals surface area (Å²) in [5.74, 6) is 0.114. The predicted molar refractivity (Wildman–Crippen MR) is 81.7 cm³/mol. The van der Waals surface area contributed by atoms with Crippen LogP contribution in [0.1, 0.15) is 19.8 Å². The maximum atomic E-state index is 11.7. The zero-order valence-corrected chi connectivity index (χ0v) is 12.9. The first-order valence-electron chi connectivity index (χ1n) is 6.81. The summed E-state index contributed by atoms with van der Waals surface area (Å²) in [6, 6.07) is 7.01. The van der Waals surface area contributed by atoms with Crippen LogP contribution in [0.2, 0.25) is 0 Å². The molecule has 20 heavy (non-hydrogen) atoms. The van der Waals surface area contributed by atoms with E-state index in [2.05, 4.69) is 5.32 Å². The standard InChI is InChI=1S/C14H24N2O3S/c1-3-20(17,18)14-8-6-12(7-9-14)16-13(11-19-2)5-4-10-15/h6-9,13,16H,3-5,10-11,15H2,1-2H3. The molecule has 1 unspecified atom stereocenters. The van der Waals surface area contributed by atoms with E-state index in [4.69, 9.17) is 10.5 Å². The summed E-state index contributed by atoms with van der Waals surface area (Å²) in [4.78, 5) is 0.357. The zero-order chi connectivity index (χ0) is 15.0. The monoisotopic (exact) mass is 300 g/mol. The van der Waals surface area contributed by atoms with E-state index in [1.54, 1.807) is 38.3 Å². The highest BCUT2D eigenvalue weighted by Crippen LogP contribution is 2.17. The predicted octanol–water partition coefficient (Wildman–Crippen LogP) is 1.65. The Morgan fingerprint density at radius 2 is 1.95 bits per heavy atom. The van der Waals surface area contributed by atoms with Crippen LogP contribution in [0, 0.1) is 0 Å². The minimum atomic E-state index is -3.14. The average Bonchev–Trinajstić information content (AvgIpc) is 2.45. The van der Waals surface area contributed by atoms with Crippen LogP contribution in [-0.4, -0.2) is 40.5 Å². The van der Waals surface area contributed by atoms with Crippen LogP contribution in [-0.2, 0) is 14.6 Å². The molecule has 3 N–H and O–H groups in total. The van der Waals surface area contributed by atoms with Gasteiger partial charge in [0.1, 0.15) is 0 Å². The van der Waals surface area contributed by atoms with Crippen molar-refractivity contribution in [2.75, 3.05) is 31.3 Å². The Morgan fingerprint density at radius 3 is 2.45 bits per heavy atom. The Bertz CT molecular complexity index is 486. The minimum Gasteiger partial charge on any atom is -0.383 e. The van der Waals surface area contributed by atoms with Gasteiger partial charge in [-0.15, -0.1) is 0 Å². The summed E-state index contributed by atoms with van der Waals surface area (Å²) in [5.41, 5.74) is 6.40. The second-order valence-electron chi connectivity index (χ2n) is 4.66. The fraction of sp³-hybridized carbons (Fsp3) is 0.571. The van der Waals surface area contributed by atoms with Crippen molar-refractivity contribution in [3.05, 3.63) is 24.3 Å². The van der Waals surface area contributed by atoms with Gasteiger partial charge < -0.3 is 15.8 Å². The van der Waals surface area contributed by atoms with Gasteiger partial charge in [-0.25, -0.2) is 8.42 Å². The van der Waals surface area contributed by atoms with Gasteiger partial charge >= 0.3 is 0 Å². The van der Waals surface area contributed by atoms with Crippen molar-refractivity contribution in [3.8, 4) is 0 Å². The Kier molecular flexibility index (Phi) is 6.98. The number of hydrogen-bond donors (Lipinski definition) is 2. The molecule has 1 rings (SSSR count). The van der Waals surface area contributed by atoms with Gasteiger partial charge in [0.25, 0.3) is 0 Å². The first-order valence-corrected chi connectivity index (χ1v) is 8.47. The second-order valence-corrected chi connectivity index (χ2v) is 6.93. The van der Waals surface area contributed by atoms with Crippen LogP contribution in [0.15, 0.2) is 29.2 Å². The van der Waals surface area contributed by atoms with Gasteiger partial charge in [0.2, 0.25) is 0 Å². The lowest BCUT2D eigenvalue weighted by Crippen LogP contribution is -2.25. The van der Waals surface area contributed by atoms with Crippen LogP contribution in [0.4, 0.5) is 5.69 Å². The summed E-state index contributed by atoms with van der Waals surface area (Å²) in [7, 11) is -1.48. The molecule has 0 radical (unpaired) electrons. The molecule has 6 heteroatoms. The number of benzene rings is 1. The first kappa shape index (κ1) is 16.9. The second kappa shape index (κ2) is 8.24. The van der Waals surface area contributed by atoms with Gasteiger partial charge in [-0.3, -0.25) is 0 Å². The van der Waals surface area contributed by atoms with E-state index in [1.165, 1.54) is 0 Å². The zero-order valence-electron chi connectivity index (χ0n) is 12.1. The average molecular weight is 300 g/mol. The molecule has 0 aliphatic rings. The molecule has 1 aromatic carbocycles. The molecule has 0 saturated carbocycles. The van der Waals surface area contributed by atoms with Crippen molar-refractivity contribution in [3.63, 3.8) is 0 Å². The van der Waals surface area contributed by atoms with Crippen molar-refractivity contribution in [2.24, 2.45) is 5.73 Å². The van der Waals surface area contributed by atoms with Crippen molar-refractivity contribution >= 4 is 15.5 Å². The van der Waals surface area contributed by atoms with E-state index >= 15 is 0 Å². The maximum Gasteiger partial charge on any atom is 0.178 e. The summed E-state index contributed by atoms with van der Waals surface area (Å²) in [5, 5.41) is 3.34. The van der Waals surface area contributed by atoms with Crippen molar-refractivity contribution in [1.82, 2.24) is 0 Å². The Labute approximate surface area is 121 Å². The summed E-state index contributed by atoms with van der Waals surface area (Å²) < 4.78 is 28.6. The molecule has 0 aliphatic carbocycles. The van der Waals surface area contributed by atoms with Gasteiger partial charge in [-0.1, -0.05) is 6.92 Å². The number of ether oxygens (including phenoxy) is 1. The molecule has 0 fully saturated rings. The molecule has 0 aromatic heterocycles. The van der Waals surface area contributed by atoms with Crippen LogP contribution in [0.3, 0.4) is 0 Å². The quantitative estimate of drug-likeness (QED) is 0.724. The highest BCUT2D eigenvalue weighted by molar-refractivity contribution is 7.91. The molecular weight excluding hydrogens is 276 g/mol. The van der Waals surface area contributed by atoms with Gasteiger partial charge in [-0.2, -0.15) is 0 Å². The fourth-order valence-corrected chi connectivity index (χ4v) is 2.81. The van der Waals surface area contributed by atoms with Crippen LogP contribution >= 0.6 is 0 Å². The third-order valence-corrected chi connectivity index (χ3v) is 4.84. The summed E-state index contributed by atoms with van der Waals surface area (Å²) in [6.45, 7) is 2.88. The van der Waals surface area contributed by atoms with Crippen LogP contribution in [0.25, 0.3) is 0 Å². The van der Waals surface area contributed by atoms with Crippen molar-refractivity contribution in [2.45, 2.75) is 30.7 Å². The van der Waals surface area contributed by atoms with Crippen molar-refractivity contribution in [1.29, 1.82) is 0 Å². The van der Waals surface area contributed by atoms with E-state index in [0.717, 1.165) is 18.5 Å². The molecule has 1 atom stereocenters. The largest absolute Gasteiger partial charge is 0.383 e. The smallest absolute Gasteiger partial charge is 0.178 e. The molecule has 114 valence electrons. The van der Waals surface area contributed by atoms with Gasteiger partial charge in [0.05, 0.1) is 17.3 Å². The molecule has 5 nitrogen and oxygen atoms in total. The summed E-state index contributed by atoms with van der Waals surface area (Å²) in [6.07, 6.45) is 1.84. The number of anilines is 1. The highest BCUT2D eigenvalue weighted by Gasteiger charge is 2.12. The Hall–Kier alpha value is -1.11.